The lowest BCUT2D eigenvalue weighted by Gasteiger charge is -2.16. The number of thioether (sulfide) groups is 1. The maximum atomic E-state index is 12.9. The molecule has 3 rings (SSSR count). The van der Waals surface area contributed by atoms with Gasteiger partial charge in [-0.1, -0.05) is 46.0 Å². The molecule has 2 aromatic carbocycles. The smallest absolute Gasteiger partial charge is 0.416 e. The topological polar surface area (TPSA) is 40.5 Å². The molecule has 10 heteroatoms. The second-order valence-electron chi connectivity index (χ2n) is 5.39. The van der Waals surface area contributed by atoms with E-state index in [0.717, 1.165) is 28.8 Å². The lowest BCUT2D eigenvalue weighted by Crippen LogP contribution is -2.27. The van der Waals surface area contributed by atoms with E-state index in [-0.39, 0.29) is 20.7 Å². The van der Waals surface area contributed by atoms with Crippen molar-refractivity contribution >= 4 is 77.8 Å². The molecular weight excluding hydrogens is 531 g/mol. The van der Waals surface area contributed by atoms with E-state index >= 15 is 0 Å². The number of nitrogens with zero attached hydrogens (tertiary/aromatic N) is 1. The first-order valence-electron chi connectivity index (χ1n) is 7.21. The summed E-state index contributed by atoms with van der Waals surface area (Å²) in [5, 5.41) is 10.1. The third-order valence-corrected chi connectivity index (χ3v) is 5.93. The normalized spacial score (nSPS) is 16.5. The van der Waals surface area contributed by atoms with Crippen LogP contribution in [-0.2, 0) is 11.0 Å². The van der Waals surface area contributed by atoms with Crippen LogP contribution < -0.4 is 4.90 Å². The van der Waals surface area contributed by atoms with Gasteiger partial charge in [-0.05, 0) is 52.3 Å². The van der Waals surface area contributed by atoms with Crippen molar-refractivity contribution in [2.75, 3.05) is 4.90 Å². The van der Waals surface area contributed by atoms with E-state index in [0.29, 0.717) is 14.5 Å². The molecule has 1 heterocycles. The third-order valence-electron chi connectivity index (χ3n) is 3.57. The third kappa shape index (κ3) is 4.23. The summed E-state index contributed by atoms with van der Waals surface area (Å²) < 4.78 is 40.0. The summed E-state index contributed by atoms with van der Waals surface area (Å²) in [7, 11) is 0. The standard InChI is InChI=1S/C17H8Br2F3NO2S2/c18-10-4-8(14(24)12(19)7-10)5-13-15(25)23(16(26)27-13)11-3-1-2-9(6-11)17(20,21)22/h1-7,24H/b13-5+. The van der Waals surface area contributed by atoms with Gasteiger partial charge in [-0.15, -0.1) is 0 Å². The molecule has 0 bridgehead atoms. The number of halogens is 5. The molecule has 0 radical (unpaired) electrons. The summed E-state index contributed by atoms with van der Waals surface area (Å²) in [4.78, 5) is 14.0. The van der Waals surface area contributed by atoms with Gasteiger partial charge in [-0.2, -0.15) is 13.2 Å². The van der Waals surface area contributed by atoms with E-state index in [1.807, 2.05) is 0 Å². The predicted molar refractivity (Wildman–Crippen MR) is 111 cm³/mol. The number of benzene rings is 2. The number of amides is 1. The molecular formula is C17H8Br2F3NO2S2. The van der Waals surface area contributed by atoms with Gasteiger partial charge in [0.2, 0.25) is 0 Å². The fourth-order valence-electron chi connectivity index (χ4n) is 2.35. The SMILES string of the molecule is O=C1/C(=C\c2cc(Br)cc(Br)c2O)SC(=S)N1c1cccc(C(F)(F)F)c1. The number of rotatable bonds is 2. The van der Waals surface area contributed by atoms with Gasteiger partial charge in [0, 0.05) is 10.0 Å². The van der Waals surface area contributed by atoms with Crippen molar-refractivity contribution in [3.63, 3.8) is 0 Å². The molecule has 1 aliphatic rings. The molecule has 0 unspecified atom stereocenters. The van der Waals surface area contributed by atoms with E-state index in [9.17, 15) is 23.1 Å². The zero-order valence-electron chi connectivity index (χ0n) is 13.1. The first kappa shape index (κ1) is 20.4. The van der Waals surface area contributed by atoms with E-state index in [2.05, 4.69) is 31.9 Å². The van der Waals surface area contributed by atoms with E-state index < -0.39 is 17.6 Å². The van der Waals surface area contributed by atoms with Crippen LogP contribution in [0.15, 0.2) is 50.2 Å². The monoisotopic (exact) mass is 537 g/mol. The molecule has 0 aromatic heterocycles. The van der Waals surface area contributed by atoms with E-state index in [1.165, 1.54) is 18.2 Å². The number of thiocarbonyl (C=S) groups is 1. The Labute approximate surface area is 178 Å². The highest BCUT2D eigenvalue weighted by molar-refractivity contribution is 9.11. The molecule has 1 amide bonds. The van der Waals surface area contributed by atoms with Gasteiger partial charge in [-0.25, -0.2) is 0 Å². The molecule has 1 N–H and O–H groups in total. The summed E-state index contributed by atoms with van der Waals surface area (Å²) in [5.41, 5.74) is -0.470. The van der Waals surface area contributed by atoms with Gasteiger partial charge >= 0.3 is 6.18 Å². The minimum Gasteiger partial charge on any atom is -0.506 e. The lowest BCUT2D eigenvalue weighted by atomic mass is 10.1. The van der Waals surface area contributed by atoms with Crippen LogP contribution in [0, 0.1) is 0 Å². The average molecular weight is 539 g/mol. The first-order chi connectivity index (χ1) is 12.6. The molecule has 27 heavy (non-hydrogen) atoms. The molecule has 1 aliphatic heterocycles. The zero-order valence-corrected chi connectivity index (χ0v) is 17.9. The minimum atomic E-state index is -4.53. The Kier molecular flexibility index (Phi) is 5.72. The van der Waals surface area contributed by atoms with Gasteiger partial charge in [0.15, 0.2) is 4.32 Å². The molecule has 1 saturated heterocycles. The van der Waals surface area contributed by atoms with Crippen LogP contribution in [0.2, 0.25) is 0 Å². The number of alkyl halides is 3. The number of carbonyl (C=O) groups excluding carboxylic acids is 1. The van der Waals surface area contributed by atoms with Crippen molar-refractivity contribution in [3.05, 3.63) is 61.4 Å². The number of phenols is 1. The maximum absolute atomic E-state index is 12.9. The molecule has 3 nitrogen and oxygen atoms in total. The second kappa shape index (κ2) is 7.57. The molecule has 140 valence electrons. The van der Waals surface area contributed by atoms with Crippen LogP contribution >= 0.6 is 55.8 Å². The zero-order chi connectivity index (χ0) is 19.9. The summed E-state index contributed by atoms with van der Waals surface area (Å²) in [6.07, 6.45) is -3.08. The lowest BCUT2D eigenvalue weighted by molar-refractivity contribution is -0.137. The number of hydrogen-bond donors (Lipinski definition) is 1. The quantitative estimate of drug-likeness (QED) is 0.357. The highest BCUT2D eigenvalue weighted by Gasteiger charge is 2.36. The van der Waals surface area contributed by atoms with Crippen LogP contribution in [0.25, 0.3) is 6.08 Å². The summed E-state index contributed by atoms with van der Waals surface area (Å²) in [6, 6.07) is 7.65. The number of hydrogen-bond acceptors (Lipinski definition) is 4. The van der Waals surface area contributed by atoms with Gasteiger partial charge in [-0.3, -0.25) is 9.69 Å². The fraction of sp³-hybridized carbons (Fsp3) is 0.0588. The molecule has 1 fully saturated rings. The van der Waals surface area contributed by atoms with Gasteiger partial charge in [0.25, 0.3) is 5.91 Å². The van der Waals surface area contributed by atoms with Gasteiger partial charge in [0.1, 0.15) is 5.75 Å². The number of carbonyl (C=O) groups is 1. The van der Waals surface area contributed by atoms with Crippen LogP contribution in [-0.4, -0.2) is 15.3 Å². The summed E-state index contributed by atoms with van der Waals surface area (Å²) in [5.74, 6) is -0.623. The number of aromatic hydroxyl groups is 1. The van der Waals surface area contributed by atoms with Crippen molar-refractivity contribution < 1.29 is 23.1 Å². The van der Waals surface area contributed by atoms with Crippen LogP contribution in [0.4, 0.5) is 18.9 Å². The fourth-order valence-corrected chi connectivity index (χ4v) is 4.90. The minimum absolute atomic E-state index is 0.0374. The van der Waals surface area contributed by atoms with E-state index in [4.69, 9.17) is 12.2 Å². The van der Waals surface area contributed by atoms with Crippen molar-refractivity contribution in [3.8, 4) is 5.75 Å². The molecule has 0 aliphatic carbocycles. The Morgan fingerprint density at radius 3 is 2.56 bits per heavy atom. The Bertz CT molecular complexity index is 993. The Morgan fingerprint density at radius 2 is 1.89 bits per heavy atom. The average Bonchev–Trinajstić information content (AvgIpc) is 2.85. The van der Waals surface area contributed by atoms with Gasteiger partial charge < -0.3 is 5.11 Å². The van der Waals surface area contributed by atoms with Crippen LogP contribution in [0.3, 0.4) is 0 Å². The van der Waals surface area contributed by atoms with E-state index in [1.54, 1.807) is 12.1 Å². The second-order valence-corrected chi connectivity index (χ2v) is 8.84. The molecule has 0 saturated carbocycles. The summed E-state index contributed by atoms with van der Waals surface area (Å²) >= 11 is 12.6. The number of anilines is 1. The predicted octanol–water partition coefficient (Wildman–Crippen LogP) is 6.34. The highest BCUT2D eigenvalue weighted by Crippen LogP contribution is 2.40. The molecule has 0 atom stereocenters. The Hall–Kier alpha value is -1.36. The van der Waals surface area contributed by atoms with Crippen LogP contribution in [0.1, 0.15) is 11.1 Å². The Balaban J connectivity index is 1.99. The molecule has 2 aromatic rings. The maximum Gasteiger partial charge on any atom is 0.416 e. The van der Waals surface area contributed by atoms with Crippen molar-refractivity contribution in [2.45, 2.75) is 6.18 Å². The van der Waals surface area contributed by atoms with Crippen LogP contribution in [0.5, 0.6) is 5.75 Å². The number of phenolic OH excluding ortho intramolecular Hbond substituents is 1. The van der Waals surface area contributed by atoms with Crippen molar-refractivity contribution in [1.82, 2.24) is 0 Å². The molecule has 0 spiro atoms. The first-order valence-corrected chi connectivity index (χ1v) is 10.0. The van der Waals surface area contributed by atoms with Crippen molar-refractivity contribution in [2.24, 2.45) is 0 Å². The van der Waals surface area contributed by atoms with Gasteiger partial charge in [0.05, 0.1) is 20.6 Å². The van der Waals surface area contributed by atoms with Crippen molar-refractivity contribution in [1.29, 1.82) is 0 Å². The Morgan fingerprint density at radius 1 is 1.19 bits per heavy atom. The largest absolute Gasteiger partial charge is 0.506 e. The summed E-state index contributed by atoms with van der Waals surface area (Å²) in [6.45, 7) is 0. The highest BCUT2D eigenvalue weighted by atomic mass is 79.9.